The van der Waals surface area contributed by atoms with E-state index in [0.717, 1.165) is 6.07 Å². The van der Waals surface area contributed by atoms with Crippen molar-refractivity contribution in [2.75, 3.05) is 0 Å². The second-order valence-electron chi connectivity index (χ2n) is 2.29. The minimum absolute atomic E-state index is 0.0968. The molecule has 0 aromatic carbocycles. The van der Waals surface area contributed by atoms with Gasteiger partial charge in [0, 0.05) is 6.07 Å². The Morgan fingerprint density at radius 1 is 1.57 bits per heavy atom. The van der Waals surface area contributed by atoms with Crippen LogP contribution in [0.3, 0.4) is 0 Å². The number of rotatable bonds is 2. The van der Waals surface area contributed by atoms with Crippen LogP contribution in [0.5, 0.6) is 0 Å². The van der Waals surface area contributed by atoms with Crippen molar-refractivity contribution < 1.29 is 13.7 Å². The summed E-state index contributed by atoms with van der Waals surface area (Å²) in [7, 11) is 0. The Kier molecular flexibility index (Phi) is 2.80. The van der Waals surface area contributed by atoms with E-state index in [1.165, 1.54) is 0 Å². The molecule has 0 bridgehead atoms. The Balaban J connectivity index is 3.43. The zero-order chi connectivity index (χ0) is 10.9. The maximum absolute atomic E-state index is 12.1. The molecule has 0 spiro atoms. The van der Waals surface area contributed by atoms with Crippen LogP contribution in [-0.2, 0) is 0 Å². The lowest BCUT2D eigenvalue weighted by Crippen LogP contribution is -2.20. The molecule has 0 fully saturated rings. The highest BCUT2D eigenvalue weighted by Crippen LogP contribution is 2.17. The van der Waals surface area contributed by atoms with Crippen LogP contribution < -0.4 is 5.56 Å². The van der Waals surface area contributed by atoms with Gasteiger partial charge in [0.25, 0.3) is 11.2 Å². The first-order valence-corrected chi connectivity index (χ1v) is 3.65. The molecule has 0 saturated carbocycles. The average Bonchev–Trinajstić information content (AvgIpc) is 2.08. The van der Waals surface area contributed by atoms with E-state index < -0.39 is 27.7 Å². The molecule has 5 nitrogen and oxygen atoms in total. The zero-order valence-corrected chi connectivity index (χ0v) is 7.24. The van der Waals surface area contributed by atoms with E-state index in [0.29, 0.717) is 6.20 Å². The first kappa shape index (κ1) is 10.6. The number of nitrogens with zero attached hydrogens (tertiary/aromatic N) is 2. The van der Waals surface area contributed by atoms with Gasteiger partial charge in [0.15, 0.2) is 0 Å². The number of hydrogen-bond acceptors (Lipinski definition) is 3. The molecule has 0 aliphatic carbocycles. The molecule has 0 amide bonds. The van der Waals surface area contributed by atoms with Crippen molar-refractivity contribution in [2.45, 2.75) is 6.55 Å². The van der Waals surface area contributed by atoms with E-state index in [1.807, 2.05) is 0 Å². The normalized spacial score (nSPS) is 10.6. The van der Waals surface area contributed by atoms with Crippen LogP contribution in [0.1, 0.15) is 6.55 Å². The van der Waals surface area contributed by atoms with Gasteiger partial charge in [-0.25, -0.2) is 4.57 Å². The topological polar surface area (TPSA) is 65.1 Å². The van der Waals surface area contributed by atoms with Gasteiger partial charge in [0.2, 0.25) is 0 Å². The first-order chi connectivity index (χ1) is 6.43. The lowest BCUT2D eigenvalue weighted by Gasteiger charge is -2.03. The molecule has 0 aliphatic heterocycles. The molecule has 1 heterocycles. The number of pyridine rings is 1. The summed E-state index contributed by atoms with van der Waals surface area (Å²) in [6.07, 6.45) is 0.443. The lowest BCUT2D eigenvalue weighted by atomic mass is 10.4. The Labute approximate surface area is 80.7 Å². The van der Waals surface area contributed by atoms with E-state index in [1.54, 1.807) is 0 Å². The van der Waals surface area contributed by atoms with E-state index in [9.17, 15) is 23.7 Å². The average molecular weight is 225 g/mol. The molecule has 1 rings (SSSR count). The predicted molar refractivity (Wildman–Crippen MR) is 43.6 cm³/mol. The van der Waals surface area contributed by atoms with Crippen LogP contribution in [-0.4, -0.2) is 9.49 Å². The molecule has 0 aliphatic rings. The van der Waals surface area contributed by atoms with Crippen LogP contribution in [0.15, 0.2) is 17.1 Å². The molecular weight excluding hydrogens is 222 g/mol. The minimum atomic E-state index is -3.15. The second-order valence-corrected chi connectivity index (χ2v) is 2.70. The molecular formula is C6H3ClF2N2O3. The fraction of sp³-hybridized carbons (Fsp3) is 0.167. The number of alkyl halides is 2. The van der Waals surface area contributed by atoms with E-state index >= 15 is 0 Å². The van der Waals surface area contributed by atoms with Gasteiger partial charge in [-0.2, -0.15) is 8.78 Å². The standard InChI is InChI=1S/C6H3ClF2N2O3/c7-4-1-3(11(13)14)2-10(5(4)12)6(8)9/h1-2,6H. The van der Waals surface area contributed by atoms with Crippen molar-refractivity contribution >= 4 is 17.3 Å². The van der Waals surface area contributed by atoms with Gasteiger partial charge in [-0.3, -0.25) is 14.9 Å². The Morgan fingerprint density at radius 2 is 2.14 bits per heavy atom. The molecule has 0 atom stereocenters. The minimum Gasteiger partial charge on any atom is -0.267 e. The molecule has 0 radical (unpaired) electrons. The second kappa shape index (κ2) is 3.70. The van der Waals surface area contributed by atoms with Crippen molar-refractivity contribution in [3.8, 4) is 0 Å². The third kappa shape index (κ3) is 1.87. The Morgan fingerprint density at radius 3 is 2.57 bits per heavy atom. The number of halogens is 3. The fourth-order valence-corrected chi connectivity index (χ4v) is 1.01. The Bertz CT molecular complexity index is 432. The quantitative estimate of drug-likeness (QED) is 0.568. The highest BCUT2D eigenvalue weighted by atomic mass is 35.5. The highest BCUT2D eigenvalue weighted by Gasteiger charge is 2.17. The molecule has 76 valence electrons. The van der Waals surface area contributed by atoms with Gasteiger partial charge in [0.1, 0.15) is 5.02 Å². The van der Waals surface area contributed by atoms with Crippen LogP contribution in [0.25, 0.3) is 0 Å². The maximum atomic E-state index is 12.1. The Hall–Kier alpha value is -1.50. The van der Waals surface area contributed by atoms with Crippen molar-refractivity contribution in [3.05, 3.63) is 37.8 Å². The number of hydrogen-bond donors (Lipinski definition) is 0. The molecule has 0 unspecified atom stereocenters. The third-order valence-corrected chi connectivity index (χ3v) is 1.68. The van der Waals surface area contributed by atoms with E-state index in [-0.39, 0.29) is 4.57 Å². The lowest BCUT2D eigenvalue weighted by molar-refractivity contribution is -0.385. The van der Waals surface area contributed by atoms with Crippen molar-refractivity contribution in [3.63, 3.8) is 0 Å². The predicted octanol–water partition coefficient (Wildman–Crippen LogP) is 1.80. The molecule has 8 heteroatoms. The van der Waals surface area contributed by atoms with Crippen molar-refractivity contribution in [1.29, 1.82) is 0 Å². The summed E-state index contributed by atoms with van der Waals surface area (Å²) in [6.45, 7) is -3.15. The molecule has 1 aromatic rings. The van der Waals surface area contributed by atoms with Gasteiger partial charge in [-0.1, -0.05) is 11.6 Å². The van der Waals surface area contributed by atoms with Crippen LogP contribution in [0.4, 0.5) is 14.5 Å². The van der Waals surface area contributed by atoms with Crippen LogP contribution >= 0.6 is 11.6 Å². The SMILES string of the molecule is O=c1c(Cl)cc([N+](=O)[O-])cn1C(F)F. The van der Waals surface area contributed by atoms with Gasteiger partial charge < -0.3 is 0 Å². The van der Waals surface area contributed by atoms with Crippen molar-refractivity contribution in [2.24, 2.45) is 0 Å². The maximum Gasteiger partial charge on any atom is 0.321 e. The van der Waals surface area contributed by atoms with Crippen molar-refractivity contribution in [1.82, 2.24) is 4.57 Å². The monoisotopic (exact) mass is 224 g/mol. The molecule has 14 heavy (non-hydrogen) atoms. The molecule has 0 N–H and O–H groups in total. The zero-order valence-electron chi connectivity index (χ0n) is 6.49. The van der Waals surface area contributed by atoms with E-state index in [4.69, 9.17) is 11.6 Å². The third-order valence-electron chi connectivity index (χ3n) is 1.41. The molecule has 1 aromatic heterocycles. The summed E-state index contributed by atoms with van der Waals surface area (Å²) in [4.78, 5) is 20.2. The van der Waals surface area contributed by atoms with Gasteiger partial charge in [-0.05, 0) is 0 Å². The van der Waals surface area contributed by atoms with Gasteiger partial charge in [-0.15, -0.1) is 0 Å². The summed E-state index contributed by atoms with van der Waals surface area (Å²) in [6, 6.07) is 0.725. The number of nitro groups is 1. The summed E-state index contributed by atoms with van der Waals surface area (Å²) in [5, 5.41) is 9.61. The smallest absolute Gasteiger partial charge is 0.267 e. The van der Waals surface area contributed by atoms with Gasteiger partial charge >= 0.3 is 6.55 Å². The van der Waals surface area contributed by atoms with E-state index in [2.05, 4.69) is 0 Å². The summed E-state index contributed by atoms with van der Waals surface area (Å²) >= 11 is 5.24. The fourth-order valence-electron chi connectivity index (χ4n) is 0.798. The van der Waals surface area contributed by atoms with Crippen LogP contribution in [0, 0.1) is 10.1 Å². The highest BCUT2D eigenvalue weighted by molar-refractivity contribution is 6.30. The summed E-state index contributed by atoms with van der Waals surface area (Å²) in [5.74, 6) is 0. The number of aromatic nitrogens is 1. The molecule has 0 saturated heterocycles. The van der Waals surface area contributed by atoms with Crippen LogP contribution in [0.2, 0.25) is 5.02 Å². The first-order valence-electron chi connectivity index (χ1n) is 3.27. The summed E-state index contributed by atoms with van der Waals surface area (Å²) in [5.41, 5.74) is -1.82. The summed E-state index contributed by atoms with van der Waals surface area (Å²) < 4.78 is 24.2. The largest absolute Gasteiger partial charge is 0.321 e. The van der Waals surface area contributed by atoms with Gasteiger partial charge in [0.05, 0.1) is 11.1 Å².